The van der Waals surface area contributed by atoms with E-state index in [0.717, 1.165) is 30.2 Å². The molecule has 5 heteroatoms. The molecule has 1 heterocycles. The summed E-state index contributed by atoms with van der Waals surface area (Å²) in [5.74, 6) is -0.253. The minimum atomic E-state index is -0.486. The van der Waals surface area contributed by atoms with Crippen LogP contribution in [0.4, 0.5) is 0 Å². The number of hydrogen-bond donors (Lipinski definition) is 2. The van der Waals surface area contributed by atoms with Crippen molar-refractivity contribution in [1.82, 2.24) is 10.3 Å². The van der Waals surface area contributed by atoms with Crippen LogP contribution < -0.4 is 5.32 Å². The minimum Gasteiger partial charge on any atom is -0.452 e. The SMILES string of the molecule is CCCC[C@@H](CC)CNC(=O)COC(=O)c1c[nH]c2ccccc12. The lowest BCUT2D eigenvalue weighted by molar-refractivity contribution is -0.124. The maximum absolute atomic E-state index is 12.1. The predicted octanol–water partition coefficient (Wildman–Crippen LogP) is 3.66. The molecule has 1 aromatic carbocycles. The molecule has 5 nitrogen and oxygen atoms in total. The van der Waals surface area contributed by atoms with Gasteiger partial charge in [-0.2, -0.15) is 0 Å². The summed E-state index contributed by atoms with van der Waals surface area (Å²) >= 11 is 0. The van der Waals surface area contributed by atoms with Crippen molar-refractivity contribution in [1.29, 1.82) is 0 Å². The van der Waals surface area contributed by atoms with Crippen molar-refractivity contribution in [2.45, 2.75) is 39.5 Å². The molecule has 0 fully saturated rings. The summed E-state index contributed by atoms with van der Waals surface area (Å²) in [6.45, 7) is 4.68. The fraction of sp³-hybridized carbons (Fsp3) is 0.474. The lowest BCUT2D eigenvalue weighted by Crippen LogP contribution is -2.32. The van der Waals surface area contributed by atoms with Crippen molar-refractivity contribution in [2.24, 2.45) is 5.92 Å². The van der Waals surface area contributed by atoms with E-state index >= 15 is 0 Å². The van der Waals surface area contributed by atoms with Gasteiger partial charge in [0.25, 0.3) is 5.91 Å². The Bertz CT molecular complexity index is 678. The zero-order valence-corrected chi connectivity index (χ0v) is 14.4. The summed E-state index contributed by atoms with van der Waals surface area (Å²) in [4.78, 5) is 27.0. The number of hydrogen-bond acceptors (Lipinski definition) is 3. The number of H-pyrrole nitrogens is 1. The number of unbranched alkanes of at least 4 members (excludes halogenated alkanes) is 1. The first-order valence-corrected chi connectivity index (χ1v) is 8.65. The topological polar surface area (TPSA) is 71.2 Å². The van der Waals surface area contributed by atoms with E-state index in [4.69, 9.17) is 4.74 Å². The lowest BCUT2D eigenvalue weighted by Gasteiger charge is -2.15. The molecule has 0 aliphatic heterocycles. The highest BCUT2D eigenvalue weighted by molar-refractivity contribution is 6.04. The van der Waals surface area contributed by atoms with Crippen LogP contribution >= 0.6 is 0 Å². The van der Waals surface area contributed by atoms with Crippen LogP contribution in [0.1, 0.15) is 49.9 Å². The summed E-state index contributed by atoms with van der Waals surface area (Å²) in [5.41, 5.74) is 1.32. The maximum Gasteiger partial charge on any atom is 0.340 e. The number of carbonyl (C=O) groups excluding carboxylic acids is 2. The Balaban J connectivity index is 1.80. The summed E-state index contributed by atoms with van der Waals surface area (Å²) in [6, 6.07) is 7.49. The number of para-hydroxylation sites is 1. The first kappa shape index (κ1) is 18.0. The first-order valence-electron chi connectivity index (χ1n) is 8.65. The number of aromatic amines is 1. The third-order valence-electron chi connectivity index (χ3n) is 4.27. The number of aromatic nitrogens is 1. The van der Waals surface area contributed by atoms with E-state index in [2.05, 4.69) is 24.1 Å². The molecule has 0 bridgehead atoms. The van der Waals surface area contributed by atoms with Gasteiger partial charge in [-0.25, -0.2) is 4.79 Å². The molecule has 1 atom stereocenters. The van der Waals surface area contributed by atoms with Gasteiger partial charge in [-0.15, -0.1) is 0 Å². The normalized spacial score (nSPS) is 12.1. The third kappa shape index (κ3) is 4.85. The fourth-order valence-corrected chi connectivity index (χ4v) is 2.70. The lowest BCUT2D eigenvalue weighted by atomic mass is 9.99. The van der Waals surface area contributed by atoms with Crippen LogP contribution in [0.25, 0.3) is 10.9 Å². The van der Waals surface area contributed by atoms with E-state index in [9.17, 15) is 9.59 Å². The number of ether oxygens (including phenoxy) is 1. The van der Waals surface area contributed by atoms with Gasteiger partial charge in [0.2, 0.25) is 0 Å². The second-order valence-corrected chi connectivity index (χ2v) is 6.04. The molecular formula is C19H26N2O3. The molecule has 0 saturated carbocycles. The smallest absolute Gasteiger partial charge is 0.340 e. The van der Waals surface area contributed by atoms with Gasteiger partial charge < -0.3 is 15.0 Å². The molecule has 130 valence electrons. The highest BCUT2D eigenvalue weighted by atomic mass is 16.5. The molecular weight excluding hydrogens is 304 g/mol. The van der Waals surface area contributed by atoms with Crippen molar-refractivity contribution < 1.29 is 14.3 Å². The molecule has 24 heavy (non-hydrogen) atoms. The molecule has 2 aromatic rings. The number of amides is 1. The molecule has 0 saturated heterocycles. The summed E-state index contributed by atoms with van der Waals surface area (Å²) < 4.78 is 5.13. The van der Waals surface area contributed by atoms with Crippen molar-refractivity contribution in [3.05, 3.63) is 36.0 Å². The quantitative estimate of drug-likeness (QED) is 0.689. The van der Waals surface area contributed by atoms with Crippen molar-refractivity contribution >= 4 is 22.8 Å². The molecule has 0 radical (unpaired) electrons. The minimum absolute atomic E-state index is 0.247. The number of esters is 1. The first-order chi connectivity index (χ1) is 11.7. The van der Waals surface area contributed by atoms with E-state index in [-0.39, 0.29) is 12.5 Å². The average molecular weight is 330 g/mol. The van der Waals surface area contributed by atoms with Gasteiger partial charge in [0, 0.05) is 23.6 Å². The van der Waals surface area contributed by atoms with Crippen LogP contribution in [0.2, 0.25) is 0 Å². The number of benzene rings is 1. The van der Waals surface area contributed by atoms with E-state index < -0.39 is 5.97 Å². The van der Waals surface area contributed by atoms with Crippen molar-refractivity contribution in [3.8, 4) is 0 Å². The van der Waals surface area contributed by atoms with Crippen LogP contribution in [-0.4, -0.2) is 30.0 Å². The molecule has 1 amide bonds. The Kier molecular flexibility index (Phi) is 6.85. The van der Waals surface area contributed by atoms with Gasteiger partial charge in [0.15, 0.2) is 6.61 Å². The highest BCUT2D eigenvalue weighted by Gasteiger charge is 2.15. The second-order valence-electron chi connectivity index (χ2n) is 6.04. The summed E-state index contributed by atoms with van der Waals surface area (Å²) in [6.07, 6.45) is 6.09. The zero-order valence-electron chi connectivity index (χ0n) is 14.4. The Morgan fingerprint density at radius 3 is 2.79 bits per heavy atom. The van der Waals surface area contributed by atoms with Gasteiger partial charge >= 0.3 is 5.97 Å². The second kappa shape index (κ2) is 9.11. The van der Waals surface area contributed by atoms with Gasteiger partial charge in [-0.05, 0) is 18.4 Å². The largest absolute Gasteiger partial charge is 0.452 e. The number of carbonyl (C=O) groups is 2. The molecule has 0 aliphatic rings. The summed E-state index contributed by atoms with van der Waals surface area (Å²) in [7, 11) is 0. The summed E-state index contributed by atoms with van der Waals surface area (Å²) in [5, 5.41) is 3.66. The molecule has 0 unspecified atom stereocenters. The standard InChI is InChI=1S/C19H26N2O3/c1-3-5-8-14(4-2)11-21-18(22)13-24-19(23)16-12-20-17-10-7-6-9-15(16)17/h6-7,9-10,12,14,20H,3-5,8,11,13H2,1-2H3,(H,21,22)/t14-/m1/s1. The van der Waals surface area contributed by atoms with Crippen LogP contribution in [0.3, 0.4) is 0 Å². The van der Waals surface area contributed by atoms with E-state index in [1.165, 1.54) is 6.42 Å². The number of fused-ring (bicyclic) bond motifs is 1. The zero-order chi connectivity index (χ0) is 17.4. The van der Waals surface area contributed by atoms with Gasteiger partial charge in [0.1, 0.15) is 0 Å². The number of rotatable bonds is 9. The van der Waals surface area contributed by atoms with Gasteiger partial charge in [-0.3, -0.25) is 4.79 Å². The third-order valence-corrected chi connectivity index (χ3v) is 4.27. The fourth-order valence-electron chi connectivity index (χ4n) is 2.70. The van der Waals surface area contributed by atoms with Crippen LogP contribution in [-0.2, 0) is 9.53 Å². The predicted molar refractivity (Wildman–Crippen MR) is 94.9 cm³/mol. The van der Waals surface area contributed by atoms with Crippen molar-refractivity contribution in [2.75, 3.05) is 13.2 Å². The Hall–Kier alpha value is -2.30. The molecule has 1 aromatic heterocycles. The van der Waals surface area contributed by atoms with Crippen LogP contribution in [0.5, 0.6) is 0 Å². The monoisotopic (exact) mass is 330 g/mol. The van der Waals surface area contributed by atoms with Gasteiger partial charge in [0.05, 0.1) is 5.56 Å². The molecule has 0 spiro atoms. The molecule has 0 aliphatic carbocycles. The Labute approximate surface area is 142 Å². The van der Waals surface area contributed by atoms with Crippen LogP contribution in [0.15, 0.2) is 30.5 Å². The number of nitrogens with one attached hydrogen (secondary N) is 2. The molecule has 2 N–H and O–H groups in total. The van der Waals surface area contributed by atoms with Crippen molar-refractivity contribution in [3.63, 3.8) is 0 Å². The van der Waals surface area contributed by atoms with E-state index in [0.29, 0.717) is 18.0 Å². The van der Waals surface area contributed by atoms with Crippen LogP contribution in [0, 0.1) is 5.92 Å². The maximum atomic E-state index is 12.1. The van der Waals surface area contributed by atoms with E-state index in [1.54, 1.807) is 6.20 Å². The Morgan fingerprint density at radius 2 is 2.04 bits per heavy atom. The highest BCUT2D eigenvalue weighted by Crippen LogP contribution is 2.18. The van der Waals surface area contributed by atoms with Gasteiger partial charge in [-0.1, -0.05) is 51.3 Å². The average Bonchev–Trinajstić information content (AvgIpc) is 3.04. The Morgan fingerprint density at radius 1 is 1.25 bits per heavy atom. The molecule has 2 rings (SSSR count). The van der Waals surface area contributed by atoms with E-state index in [1.807, 2.05) is 24.3 Å².